The molecule has 6 aliphatic heterocycles. The normalized spacial score (nSPS) is 24.7. The van der Waals surface area contributed by atoms with Gasteiger partial charge in [-0.15, -0.1) is 0 Å². The first-order valence-corrected chi connectivity index (χ1v) is 52.7. The van der Waals surface area contributed by atoms with Crippen molar-refractivity contribution in [2.75, 3.05) is 106 Å². The Kier molecular flexibility index (Phi) is 37.0. The number of nitrogens with two attached hydrogens (primary N) is 1. The van der Waals surface area contributed by atoms with Gasteiger partial charge in [0.1, 0.15) is 34.9 Å². The Balaban J connectivity index is 0.000000128. The van der Waals surface area contributed by atoms with Crippen LogP contribution in [0.5, 0.6) is 0 Å². The van der Waals surface area contributed by atoms with Gasteiger partial charge in [-0.1, -0.05) is 135 Å². The number of nitrogens with zero attached hydrogens (tertiary/aromatic N) is 18. The van der Waals surface area contributed by atoms with E-state index in [4.69, 9.17) is 63.2 Å². The fourth-order valence-corrected chi connectivity index (χ4v) is 22.4. The second-order valence-electron chi connectivity index (χ2n) is 41.2. The summed E-state index contributed by atoms with van der Waals surface area (Å²) >= 11 is 0. The van der Waals surface area contributed by atoms with E-state index in [0.717, 1.165) is 157 Å². The zero-order chi connectivity index (χ0) is 99.3. The summed E-state index contributed by atoms with van der Waals surface area (Å²) in [6, 6.07) is 20.9. The number of aromatic nitrogens is 12. The maximum atomic E-state index is 10.7. The summed E-state index contributed by atoms with van der Waals surface area (Å²) in [4.78, 5) is 57.5. The standard InChI is InChI=1S/C24H31N5O2.C22H33N5O2.C21H31N5O2.C20H29N5O2.C19H32N6O2/c1-16-25-24(31-28-16)19-14-17-8-6-7-11-20(17)27-23(19)29-13-12-21(22(15-29)30-2)26-18-9-4-3-5-10-18;1-14-12-18(22-24-16(3)26-29-22)21(23-15(14)2)27-11-10-19(20(13-27)28-4)25-17-8-6-5-7-9-17;1-14-11-17(21-23-15(2)25-28-21)20(22-12-14)26-10-9-18(19(13-26)27-3)24-16-7-5-4-6-8-16;1-13-10-15(20-22-14(2)24-27-20)11-21-19(13)25-9-8-17(18(26)12-25)23-16-6-4-3-5-7-16;1-12(20)10-15(19-22-13(2)24-27-19)18(21)25-9-8-16(17(26)11-25)23-14-6-4-3-5-7-14/h6-8,11,14,18,21-22,26H,3-5,9-10,12-13,15H2,1-2H3;12,17,19-20,25H,5-11,13H2,1-4H3;11-12,16,18-19,24H,4-10,13H2,1-3H3;10-11,16-18,23,26H,3-9,12H2,1-2H3;10,14,16-17,21,23,26H,3-9,11,20H2,1-2H3,(H,22,24)/b;;;;12-10-,19-15?,21-18?/t;;;17-,18-;16-,17-/m...11/s1. The minimum absolute atomic E-state index is 0.0877. The molecule has 0 spiro atoms. The molecule has 36 heteroatoms. The first kappa shape index (κ1) is 104. The lowest BCUT2D eigenvalue weighted by molar-refractivity contribution is 0.0533. The van der Waals surface area contributed by atoms with Crippen LogP contribution < -0.4 is 57.4 Å². The van der Waals surface area contributed by atoms with Gasteiger partial charge in [-0.25, -0.2) is 25.4 Å². The smallest absolute Gasteiger partial charge is 0.261 e. The summed E-state index contributed by atoms with van der Waals surface area (Å²) in [5.41, 5.74) is 18.4. The summed E-state index contributed by atoms with van der Waals surface area (Å²) in [6.07, 6.45) is 42.3. The molecule has 5 saturated heterocycles. The van der Waals surface area contributed by atoms with Crippen molar-refractivity contribution in [2.45, 2.75) is 353 Å². The summed E-state index contributed by atoms with van der Waals surface area (Å²) in [7, 11) is 5.45. The number of amidine groups is 2. The lowest BCUT2D eigenvalue weighted by Gasteiger charge is -2.41. The van der Waals surface area contributed by atoms with Crippen LogP contribution in [-0.2, 0) is 19.0 Å². The molecule has 10 atom stereocenters. The van der Waals surface area contributed by atoms with Crippen LogP contribution in [0.3, 0.4) is 0 Å². The molecule has 0 amide bonds. The maximum absolute atomic E-state index is 10.7. The van der Waals surface area contributed by atoms with Gasteiger partial charge in [0, 0.05) is 176 Å². The van der Waals surface area contributed by atoms with Gasteiger partial charge in [0.2, 0.25) is 0 Å². The van der Waals surface area contributed by atoms with Crippen molar-refractivity contribution in [1.82, 2.24) is 97.5 Å². The first-order valence-electron chi connectivity index (χ1n) is 52.7. The largest absolute Gasteiger partial charge is 0.402 e. The van der Waals surface area contributed by atoms with Gasteiger partial charge in [-0.2, -0.15) is 24.9 Å². The average molecular weight is 1950 g/mol. The van der Waals surface area contributed by atoms with Crippen molar-refractivity contribution in [3.63, 3.8) is 0 Å². The number of nitrogens with one attached hydrogen (secondary N) is 7. The number of pyridine rings is 4. The Morgan fingerprint density at radius 2 is 0.824 bits per heavy atom. The maximum Gasteiger partial charge on any atom is 0.261 e. The van der Waals surface area contributed by atoms with E-state index in [1.54, 1.807) is 33.0 Å². The molecule has 0 bridgehead atoms. The van der Waals surface area contributed by atoms with E-state index in [0.29, 0.717) is 138 Å². The number of aliphatic imine (C=N–C) groups is 1. The molecule has 14 heterocycles. The van der Waals surface area contributed by atoms with Crippen molar-refractivity contribution < 1.29 is 47.4 Å². The second kappa shape index (κ2) is 50.3. The van der Waals surface area contributed by atoms with Crippen LogP contribution in [0.25, 0.3) is 56.7 Å². The summed E-state index contributed by atoms with van der Waals surface area (Å²) < 4.78 is 39.4. The number of ether oxygens (including phenoxy) is 3. The van der Waals surface area contributed by atoms with E-state index in [-0.39, 0.29) is 42.3 Å². The number of aliphatic hydroxyl groups excluding tert-OH is 2. The number of anilines is 4. The highest BCUT2D eigenvalue weighted by molar-refractivity contribution is 6.00. The fraction of sp³-hybridized carbons (Fsp3) is 0.642. The molecule has 0 radical (unpaired) electrons. The van der Waals surface area contributed by atoms with Gasteiger partial charge in [0.05, 0.1) is 63.9 Å². The number of aryl methyl sites for hydroxylation is 8. The quantitative estimate of drug-likeness (QED) is 0.0210. The molecule has 20 rings (SSSR count). The van der Waals surface area contributed by atoms with E-state index in [1.807, 2.05) is 98.2 Å². The molecule has 6 unspecified atom stereocenters. The van der Waals surface area contributed by atoms with E-state index < -0.39 is 6.10 Å². The highest BCUT2D eigenvalue weighted by Crippen LogP contribution is 2.39. The van der Waals surface area contributed by atoms with Crippen molar-refractivity contribution in [1.29, 1.82) is 5.41 Å². The molecule has 142 heavy (non-hydrogen) atoms. The number of likely N-dealkylation sites (tertiary alicyclic amines) is 1. The van der Waals surface area contributed by atoms with Gasteiger partial charge in [-0.3, -0.25) is 5.41 Å². The Hall–Kier alpha value is -10.5. The lowest BCUT2D eigenvalue weighted by atomic mass is 9.92. The molecule has 11 aliphatic rings. The number of aliphatic hydroxyl groups is 2. The third-order valence-corrected chi connectivity index (χ3v) is 30.2. The van der Waals surface area contributed by atoms with Gasteiger partial charge in [-0.05, 0) is 219 Å². The number of methoxy groups -OCH3 is 3. The van der Waals surface area contributed by atoms with Gasteiger partial charge < -0.3 is 104 Å². The number of para-hydroxylation sites is 1. The molecular formula is C106H156N26O10. The molecule has 5 saturated carbocycles. The zero-order valence-corrected chi connectivity index (χ0v) is 86.1. The molecular weight excluding hydrogens is 1800 g/mol. The molecule has 8 aromatic heterocycles. The van der Waals surface area contributed by atoms with Crippen molar-refractivity contribution >= 4 is 45.8 Å². The third-order valence-electron chi connectivity index (χ3n) is 30.2. The fourth-order valence-electron chi connectivity index (χ4n) is 22.4. The Morgan fingerprint density at radius 3 is 1.24 bits per heavy atom. The van der Waals surface area contributed by atoms with E-state index in [9.17, 15) is 10.2 Å². The Labute approximate surface area is 837 Å². The molecule has 5 aliphatic carbocycles. The van der Waals surface area contributed by atoms with Gasteiger partial charge in [0.25, 0.3) is 29.4 Å². The molecule has 11 N–H and O–H groups in total. The van der Waals surface area contributed by atoms with Crippen LogP contribution in [0, 0.1) is 60.8 Å². The van der Waals surface area contributed by atoms with Crippen LogP contribution in [0.4, 0.5) is 23.3 Å². The minimum Gasteiger partial charge on any atom is -0.402 e. The van der Waals surface area contributed by atoms with Crippen LogP contribution in [0.2, 0.25) is 0 Å². The topological polar surface area (TPSA) is 435 Å². The number of rotatable bonds is 23. The second-order valence-corrected chi connectivity index (χ2v) is 41.2. The van der Waals surface area contributed by atoms with Crippen LogP contribution in [0.1, 0.15) is 252 Å². The lowest BCUT2D eigenvalue weighted by Crippen LogP contribution is -2.56. The number of β-amino-alcohol motifs (C(OH)–C–C–N with tert-alkyl or cyclic N) is 2. The van der Waals surface area contributed by atoms with Gasteiger partial charge in [0.15, 0.2) is 23.3 Å². The molecule has 36 nitrogen and oxygen atoms in total. The molecule has 770 valence electrons. The highest BCUT2D eigenvalue weighted by atomic mass is 16.7. The van der Waals surface area contributed by atoms with Crippen molar-refractivity contribution in [3.8, 4) is 45.8 Å². The Morgan fingerprint density at radius 1 is 0.430 bits per heavy atom. The number of hydroxylamine groups is 1. The van der Waals surface area contributed by atoms with Crippen LogP contribution >= 0.6 is 0 Å². The highest BCUT2D eigenvalue weighted by Gasteiger charge is 2.40. The first-order chi connectivity index (χ1) is 68.9. The third kappa shape index (κ3) is 27.6. The number of fused-ring (bicyclic) bond motifs is 1. The zero-order valence-electron chi connectivity index (χ0n) is 86.1. The Bertz CT molecular complexity index is 5630. The van der Waals surface area contributed by atoms with Crippen molar-refractivity contribution in [3.05, 3.63) is 130 Å². The summed E-state index contributed by atoms with van der Waals surface area (Å²) in [5, 5.41) is 65.8. The molecule has 9 aromatic rings. The van der Waals surface area contributed by atoms with Crippen LogP contribution in [-0.4, -0.2) is 265 Å². The van der Waals surface area contributed by atoms with E-state index in [1.165, 1.54) is 161 Å². The average Bonchev–Trinajstić information content (AvgIpc) is 1.86. The predicted molar refractivity (Wildman–Crippen MR) is 552 cm³/mol. The molecule has 1 aromatic carbocycles. The van der Waals surface area contributed by atoms with Crippen LogP contribution in [0.15, 0.2) is 107 Å². The minimum atomic E-state index is -0.511. The predicted octanol–water partition coefficient (Wildman–Crippen LogP) is 14.9. The van der Waals surface area contributed by atoms with E-state index >= 15 is 0 Å². The molecule has 10 fully saturated rings. The van der Waals surface area contributed by atoms with Gasteiger partial charge >= 0.3 is 0 Å². The SMILES string of the molecule is CC1=NC(=C(/C=C(/C)N)C(=N)N2CC[C@@H](NC3CCCCC3)[C@H](O)C2)ON1.COC1CN(c2nc(C)c(C)cc2-c2nc(C)no2)CCC1NC1CCCCC1.COC1CN(c2nc3ccccc3cc2-c2nc(C)no2)CCC1NC1CCCCC1.COC1CN(c2ncc(C)cc2-c2nc(C)no2)CCC1NC1CCCCC1.Cc1noc(-c2cnc(N3CC[C@@H](NC4CCCCC4)[C@H](O)C3)c(C)c2)n1. The number of allylic oxidation sites excluding steroid dienone is 1. The number of hydrogen-bond acceptors (Lipinski definition) is 35. The monoisotopic (exact) mass is 1950 g/mol. The number of hydrogen-bond donors (Lipinski definition) is 10. The summed E-state index contributed by atoms with van der Waals surface area (Å²) in [6.45, 7) is 26.8. The number of piperidine rings is 5. The van der Waals surface area contributed by atoms with E-state index in [2.05, 4.69) is 133 Å². The summed E-state index contributed by atoms with van der Waals surface area (Å²) in [5.74, 6) is 9.42. The number of benzene rings is 1. The van der Waals surface area contributed by atoms with Crippen molar-refractivity contribution in [2.24, 2.45) is 10.7 Å².